The zero-order chi connectivity index (χ0) is 31.7. The zero-order valence-corrected chi connectivity index (χ0v) is 30.6. The van der Waals surface area contributed by atoms with Crippen LogP contribution in [-0.2, 0) is 0 Å². The van der Waals surface area contributed by atoms with Crippen molar-refractivity contribution in [2.45, 2.75) is 252 Å². The second-order valence-electron chi connectivity index (χ2n) is 15.3. The fourth-order valence-corrected chi connectivity index (χ4v) is 7.16. The molecule has 0 amide bonds. The number of unbranched alkanes of at least 4 members (excludes halogenated alkanes) is 25. The first-order valence-electron chi connectivity index (χ1n) is 20.2. The van der Waals surface area contributed by atoms with Crippen LogP contribution in [0.4, 0.5) is 0 Å². The molecule has 2 atom stereocenters. The third-order valence-electron chi connectivity index (χ3n) is 10.4. The van der Waals surface area contributed by atoms with Crippen LogP contribution in [0.3, 0.4) is 0 Å². The van der Waals surface area contributed by atoms with Gasteiger partial charge < -0.3 is 10.2 Å². The van der Waals surface area contributed by atoms with E-state index in [2.05, 4.69) is 27.7 Å². The minimum Gasteiger partial charge on any atom is -0.396 e. The normalized spacial score (nSPS) is 14.7. The summed E-state index contributed by atoms with van der Waals surface area (Å²) in [4.78, 5) is 0. The van der Waals surface area contributed by atoms with Gasteiger partial charge in [-0.1, -0.05) is 201 Å². The highest BCUT2D eigenvalue weighted by Gasteiger charge is 2.23. The number of rotatable bonds is 36. The molecule has 2 heteroatoms. The van der Waals surface area contributed by atoms with Gasteiger partial charge >= 0.3 is 0 Å². The Balaban J connectivity index is 3.72. The predicted octanol–water partition coefficient (Wildman–Crippen LogP) is 14.0. The van der Waals surface area contributed by atoms with Gasteiger partial charge in [-0.05, 0) is 50.9 Å². The quantitative estimate of drug-likeness (QED) is 0.0695. The van der Waals surface area contributed by atoms with E-state index in [4.69, 9.17) is 0 Å². The molecule has 0 spiro atoms. The fraction of sp³-hybridized carbons (Fsp3) is 1.00. The van der Waals surface area contributed by atoms with Gasteiger partial charge in [-0.15, -0.1) is 0 Å². The van der Waals surface area contributed by atoms with Gasteiger partial charge in [0.05, 0.1) is 5.60 Å². The largest absolute Gasteiger partial charge is 0.396 e. The number of aliphatic hydroxyl groups is 2. The fourth-order valence-electron chi connectivity index (χ4n) is 7.16. The molecule has 0 aromatic rings. The van der Waals surface area contributed by atoms with Crippen LogP contribution in [0.25, 0.3) is 0 Å². The van der Waals surface area contributed by atoms with Gasteiger partial charge in [-0.2, -0.15) is 0 Å². The average Bonchev–Trinajstić information content (AvgIpc) is 2.99. The monoisotopic (exact) mass is 609 g/mol. The first-order chi connectivity index (χ1) is 20.9. The highest BCUT2D eigenvalue weighted by atomic mass is 16.3. The number of hydrogen-bond acceptors (Lipinski definition) is 2. The Morgan fingerprint density at radius 1 is 0.326 bits per heavy atom. The van der Waals surface area contributed by atoms with Crippen molar-refractivity contribution in [2.24, 2.45) is 5.41 Å². The molecule has 0 aromatic heterocycles. The van der Waals surface area contributed by atoms with Gasteiger partial charge in [-0.25, -0.2) is 0 Å². The summed E-state index contributed by atoms with van der Waals surface area (Å²) in [5.74, 6) is 0. The van der Waals surface area contributed by atoms with Crippen molar-refractivity contribution in [3.05, 3.63) is 0 Å². The minimum atomic E-state index is -0.448. The molecular formula is C41H84O2. The standard InChI is InChI=1S/C41H84O2/c1-5-7-9-11-13-15-17-21-25-29-34-40(3,36-33-39-42)35-30-26-22-19-20-24-28-32-38-41(4,43)37-31-27-23-18-16-14-12-10-8-6-2/h42-43H,5-39H2,1-4H3. The Labute approximate surface area is 273 Å². The molecule has 2 N–H and O–H groups in total. The van der Waals surface area contributed by atoms with Gasteiger partial charge in [0.25, 0.3) is 0 Å². The summed E-state index contributed by atoms with van der Waals surface area (Å²) in [6.07, 6.45) is 45.3. The lowest BCUT2D eigenvalue weighted by atomic mass is 9.76. The molecule has 0 radical (unpaired) electrons. The van der Waals surface area contributed by atoms with Crippen LogP contribution in [0.15, 0.2) is 0 Å². The van der Waals surface area contributed by atoms with Gasteiger partial charge in [0.2, 0.25) is 0 Å². The van der Waals surface area contributed by atoms with E-state index in [1.165, 1.54) is 199 Å². The predicted molar refractivity (Wildman–Crippen MR) is 194 cm³/mol. The summed E-state index contributed by atoms with van der Waals surface area (Å²) in [5, 5.41) is 20.2. The van der Waals surface area contributed by atoms with Crippen LogP contribution in [0.2, 0.25) is 0 Å². The molecule has 0 saturated carbocycles. The number of hydrogen-bond donors (Lipinski definition) is 2. The lowest BCUT2D eigenvalue weighted by molar-refractivity contribution is 0.0366. The molecule has 0 aliphatic heterocycles. The van der Waals surface area contributed by atoms with Crippen molar-refractivity contribution in [1.82, 2.24) is 0 Å². The van der Waals surface area contributed by atoms with Crippen molar-refractivity contribution in [3.63, 3.8) is 0 Å². The maximum Gasteiger partial charge on any atom is 0.0619 e. The lowest BCUT2D eigenvalue weighted by Gasteiger charge is -2.30. The molecule has 0 saturated heterocycles. The van der Waals surface area contributed by atoms with Crippen LogP contribution in [0.1, 0.15) is 246 Å². The van der Waals surface area contributed by atoms with Crippen LogP contribution in [0.5, 0.6) is 0 Å². The van der Waals surface area contributed by atoms with Crippen LogP contribution in [0, 0.1) is 5.41 Å². The first-order valence-corrected chi connectivity index (χ1v) is 20.2. The van der Waals surface area contributed by atoms with E-state index >= 15 is 0 Å². The molecule has 43 heavy (non-hydrogen) atoms. The summed E-state index contributed by atoms with van der Waals surface area (Å²) in [6, 6.07) is 0. The van der Waals surface area contributed by atoms with E-state index < -0.39 is 5.60 Å². The molecule has 260 valence electrons. The van der Waals surface area contributed by atoms with Crippen molar-refractivity contribution in [1.29, 1.82) is 0 Å². The maximum atomic E-state index is 10.8. The van der Waals surface area contributed by atoms with Crippen LogP contribution < -0.4 is 0 Å². The molecule has 2 nitrogen and oxygen atoms in total. The van der Waals surface area contributed by atoms with E-state index in [9.17, 15) is 10.2 Å². The van der Waals surface area contributed by atoms with Gasteiger partial charge in [-0.3, -0.25) is 0 Å². The highest BCUT2D eigenvalue weighted by molar-refractivity contribution is 4.75. The molecule has 0 heterocycles. The minimum absolute atomic E-state index is 0.350. The van der Waals surface area contributed by atoms with Crippen molar-refractivity contribution >= 4 is 0 Å². The molecule has 2 unspecified atom stereocenters. The van der Waals surface area contributed by atoms with E-state index in [1.54, 1.807) is 0 Å². The average molecular weight is 609 g/mol. The van der Waals surface area contributed by atoms with Crippen LogP contribution in [-0.4, -0.2) is 22.4 Å². The van der Waals surface area contributed by atoms with Crippen molar-refractivity contribution in [2.75, 3.05) is 6.61 Å². The first kappa shape index (κ1) is 42.9. The van der Waals surface area contributed by atoms with Crippen molar-refractivity contribution < 1.29 is 10.2 Å². The highest BCUT2D eigenvalue weighted by Crippen LogP contribution is 2.36. The van der Waals surface area contributed by atoms with Gasteiger partial charge in [0.1, 0.15) is 0 Å². The maximum absolute atomic E-state index is 10.8. The third kappa shape index (κ3) is 31.7. The molecule has 0 rings (SSSR count). The zero-order valence-electron chi connectivity index (χ0n) is 30.6. The Hall–Kier alpha value is -0.0800. The molecular weight excluding hydrogens is 524 g/mol. The molecule has 0 bridgehead atoms. The Bertz CT molecular complexity index is 530. The Morgan fingerprint density at radius 2 is 0.558 bits per heavy atom. The Kier molecular flexibility index (Phi) is 31.8. The summed E-state index contributed by atoms with van der Waals surface area (Å²) in [7, 11) is 0. The SMILES string of the molecule is CCCCCCCCCCCCC(C)(O)CCCCCCCCCCC(C)(CCCO)CCCCCCCCCCCC. The van der Waals surface area contributed by atoms with Gasteiger partial charge in [0, 0.05) is 6.61 Å². The van der Waals surface area contributed by atoms with E-state index in [0.717, 1.165) is 19.3 Å². The second-order valence-corrected chi connectivity index (χ2v) is 15.3. The molecule has 0 aliphatic rings. The lowest BCUT2D eigenvalue weighted by Crippen LogP contribution is -2.23. The second kappa shape index (κ2) is 31.9. The Morgan fingerprint density at radius 3 is 0.837 bits per heavy atom. The number of aliphatic hydroxyl groups excluding tert-OH is 1. The molecule has 0 aliphatic carbocycles. The molecule has 0 aromatic carbocycles. The summed E-state index contributed by atoms with van der Waals surface area (Å²) >= 11 is 0. The summed E-state index contributed by atoms with van der Waals surface area (Å²) < 4.78 is 0. The van der Waals surface area contributed by atoms with Crippen LogP contribution >= 0.6 is 0 Å². The van der Waals surface area contributed by atoms with Crippen molar-refractivity contribution in [3.8, 4) is 0 Å². The van der Waals surface area contributed by atoms with Gasteiger partial charge in [0.15, 0.2) is 0 Å². The topological polar surface area (TPSA) is 40.5 Å². The van der Waals surface area contributed by atoms with E-state index in [-0.39, 0.29) is 0 Å². The smallest absolute Gasteiger partial charge is 0.0619 e. The summed E-state index contributed by atoms with van der Waals surface area (Å²) in [5.41, 5.74) is -0.00950. The third-order valence-corrected chi connectivity index (χ3v) is 10.4. The van der Waals surface area contributed by atoms with E-state index in [0.29, 0.717) is 12.0 Å². The van der Waals surface area contributed by atoms with E-state index in [1.807, 2.05) is 0 Å². The molecule has 0 fully saturated rings. The summed E-state index contributed by atoms with van der Waals surface area (Å²) in [6.45, 7) is 9.51.